The molecule has 0 rings (SSSR count). The van der Waals surface area contributed by atoms with E-state index >= 15 is 0 Å². The van der Waals surface area contributed by atoms with E-state index in [1.165, 1.54) is 7.11 Å². The van der Waals surface area contributed by atoms with Crippen molar-refractivity contribution in [1.82, 2.24) is 0 Å². The minimum Gasteiger partial charge on any atom is -0.388 e. The molecule has 1 atom stereocenters. The summed E-state index contributed by atoms with van der Waals surface area (Å²) in [6.07, 6.45) is -0.808. The van der Waals surface area contributed by atoms with E-state index in [2.05, 4.69) is 0 Å². The summed E-state index contributed by atoms with van der Waals surface area (Å²) in [5.41, 5.74) is 0. The van der Waals surface area contributed by atoms with Crippen LogP contribution in [0.1, 0.15) is 12.8 Å². The minimum atomic E-state index is -0.708. The quantitative estimate of drug-likeness (QED) is 0.631. The van der Waals surface area contributed by atoms with Gasteiger partial charge in [-0.15, -0.1) is 0 Å². The number of nitrogens with zero attached hydrogens (tertiary/aromatic N) is 2. The number of ether oxygens (including phenoxy) is 2. The Hall–Kier alpha value is -1.14. The summed E-state index contributed by atoms with van der Waals surface area (Å²) in [5.74, 6) is 0. The second-order valence-electron chi connectivity index (χ2n) is 2.79. The highest BCUT2D eigenvalue weighted by Gasteiger charge is 2.11. The molecule has 0 saturated carbocycles. The SMILES string of the molecule is COCC(O)COC(CC#N)CC#N. The first-order chi connectivity index (χ1) is 6.74. The first kappa shape index (κ1) is 12.9. The zero-order valence-electron chi connectivity index (χ0n) is 8.14. The van der Waals surface area contributed by atoms with Gasteiger partial charge in [0.1, 0.15) is 6.10 Å². The van der Waals surface area contributed by atoms with Crippen molar-refractivity contribution < 1.29 is 14.6 Å². The predicted molar refractivity (Wildman–Crippen MR) is 48.1 cm³/mol. The van der Waals surface area contributed by atoms with Gasteiger partial charge in [0.25, 0.3) is 0 Å². The summed E-state index contributed by atoms with van der Waals surface area (Å²) in [6, 6.07) is 3.84. The molecule has 0 amide bonds. The maximum absolute atomic E-state index is 9.22. The van der Waals surface area contributed by atoms with Crippen LogP contribution in [-0.4, -0.2) is 37.6 Å². The molecule has 0 fully saturated rings. The van der Waals surface area contributed by atoms with Crippen LogP contribution in [0.3, 0.4) is 0 Å². The number of hydrogen-bond acceptors (Lipinski definition) is 5. The topological polar surface area (TPSA) is 86.3 Å². The molecular formula is C9H14N2O3. The Bertz CT molecular complexity index is 203. The van der Waals surface area contributed by atoms with Crippen LogP contribution in [0.15, 0.2) is 0 Å². The van der Waals surface area contributed by atoms with Crippen LogP contribution in [0.5, 0.6) is 0 Å². The first-order valence-electron chi connectivity index (χ1n) is 4.27. The Morgan fingerprint density at radius 3 is 2.21 bits per heavy atom. The Labute approximate surface area is 83.5 Å². The van der Waals surface area contributed by atoms with Gasteiger partial charge in [0.15, 0.2) is 0 Å². The maximum Gasteiger partial charge on any atom is 0.101 e. The standard InChI is InChI=1S/C9H14N2O3/c1-13-6-8(12)7-14-9(2-4-10)3-5-11/h8-9,12H,2-3,6-7H2,1H3. The average molecular weight is 198 g/mol. The van der Waals surface area contributed by atoms with Crippen molar-refractivity contribution in [2.75, 3.05) is 20.3 Å². The molecule has 0 aliphatic rings. The van der Waals surface area contributed by atoms with Crippen LogP contribution in [0.25, 0.3) is 0 Å². The zero-order valence-corrected chi connectivity index (χ0v) is 8.14. The molecule has 0 aliphatic carbocycles. The molecule has 0 aromatic heterocycles. The third kappa shape index (κ3) is 6.38. The molecule has 1 N–H and O–H groups in total. The number of rotatable bonds is 7. The highest BCUT2D eigenvalue weighted by molar-refractivity contribution is 4.84. The van der Waals surface area contributed by atoms with E-state index in [0.29, 0.717) is 0 Å². The molecule has 1 unspecified atom stereocenters. The van der Waals surface area contributed by atoms with Crippen LogP contribution < -0.4 is 0 Å². The van der Waals surface area contributed by atoms with Crippen LogP contribution in [-0.2, 0) is 9.47 Å². The van der Waals surface area contributed by atoms with Gasteiger partial charge in [-0.05, 0) is 0 Å². The molecule has 0 spiro atoms. The van der Waals surface area contributed by atoms with Crippen LogP contribution in [0.2, 0.25) is 0 Å². The third-order valence-corrected chi connectivity index (χ3v) is 1.52. The molecule has 78 valence electrons. The third-order valence-electron chi connectivity index (χ3n) is 1.52. The van der Waals surface area contributed by atoms with Crippen molar-refractivity contribution >= 4 is 0 Å². The summed E-state index contributed by atoms with van der Waals surface area (Å²) in [7, 11) is 1.48. The Morgan fingerprint density at radius 2 is 1.79 bits per heavy atom. The Balaban J connectivity index is 3.71. The fraction of sp³-hybridized carbons (Fsp3) is 0.778. The van der Waals surface area contributed by atoms with Gasteiger partial charge >= 0.3 is 0 Å². The first-order valence-corrected chi connectivity index (χ1v) is 4.27. The second-order valence-corrected chi connectivity index (χ2v) is 2.79. The van der Waals surface area contributed by atoms with E-state index in [9.17, 15) is 5.11 Å². The van der Waals surface area contributed by atoms with Gasteiger partial charge in [-0.25, -0.2) is 0 Å². The van der Waals surface area contributed by atoms with Gasteiger partial charge in [-0.1, -0.05) is 0 Å². The molecule has 0 heterocycles. The summed E-state index contributed by atoms with van der Waals surface area (Å²) >= 11 is 0. The summed E-state index contributed by atoms with van der Waals surface area (Å²) < 4.78 is 9.86. The lowest BCUT2D eigenvalue weighted by Gasteiger charge is -2.14. The van der Waals surface area contributed by atoms with Gasteiger partial charge < -0.3 is 14.6 Å². The normalized spacial score (nSPS) is 12.1. The molecule has 14 heavy (non-hydrogen) atoms. The van der Waals surface area contributed by atoms with Crippen molar-refractivity contribution in [2.24, 2.45) is 0 Å². The molecule has 5 heteroatoms. The van der Waals surface area contributed by atoms with E-state index < -0.39 is 12.2 Å². The number of aliphatic hydroxyl groups is 1. The molecule has 0 aromatic rings. The van der Waals surface area contributed by atoms with Gasteiger partial charge in [-0.3, -0.25) is 0 Å². The second kappa shape index (κ2) is 8.46. The molecule has 5 nitrogen and oxygen atoms in total. The van der Waals surface area contributed by atoms with Crippen molar-refractivity contribution in [1.29, 1.82) is 10.5 Å². The smallest absolute Gasteiger partial charge is 0.101 e. The minimum absolute atomic E-state index is 0.0852. The van der Waals surface area contributed by atoms with E-state index in [1.54, 1.807) is 0 Å². The van der Waals surface area contributed by atoms with Crippen molar-refractivity contribution in [3.05, 3.63) is 0 Å². The fourth-order valence-electron chi connectivity index (χ4n) is 0.881. The predicted octanol–water partition coefficient (Wildman–Crippen LogP) is 0.206. The van der Waals surface area contributed by atoms with Gasteiger partial charge in [0, 0.05) is 7.11 Å². The van der Waals surface area contributed by atoms with Crippen LogP contribution in [0, 0.1) is 22.7 Å². The van der Waals surface area contributed by atoms with Crippen molar-refractivity contribution in [3.63, 3.8) is 0 Å². The van der Waals surface area contributed by atoms with E-state index in [4.69, 9.17) is 20.0 Å². The lowest BCUT2D eigenvalue weighted by Crippen LogP contribution is -2.24. The molecule has 0 bridgehead atoms. The molecular weight excluding hydrogens is 184 g/mol. The molecule has 0 aliphatic heterocycles. The highest BCUT2D eigenvalue weighted by atomic mass is 16.5. The van der Waals surface area contributed by atoms with Crippen LogP contribution in [0.4, 0.5) is 0 Å². The Kier molecular flexibility index (Phi) is 7.77. The summed E-state index contributed by atoms with van der Waals surface area (Å²) in [6.45, 7) is 0.272. The van der Waals surface area contributed by atoms with Gasteiger partial charge in [-0.2, -0.15) is 10.5 Å². The van der Waals surface area contributed by atoms with Gasteiger partial charge in [0.05, 0.1) is 44.3 Å². The van der Waals surface area contributed by atoms with Crippen LogP contribution >= 0.6 is 0 Å². The van der Waals surface area contributed by atoms with E-state index in [0.717, 1.165) is 0 Å². The number of hydrogen-bond donors (Lipinski definition) is 1. The average Bonchev–Trinajstić information content (AvgIpc) is 2.15. The fourth-order valence-corrected chi connectivity index (χ4v) is 0.881. The van der Waals surface area contributed by atoms with Crippen molar-refractivity contribution in [3.8, 4) is 12.1 Å². The number of nitriles is 2. The lowest BCUT2D eigenvalue weighted by atomic mass is 10.2. The number of aliphatic hydroxyl groups excluding tert-OH is 1. The number of methoxy groups -OCH3 is 1. The largest absolute Gasteiger partial charge is 0.388 e. The van der Waals surface area contributed by atoms with Crippen molar-refractivity contribution in [2.45, 2.75) is 25.0 Å². The monoisotopic (exact) mass is 198 g/mol. The lowest BCUT2D eigenvalue weighted by molar-refractivity contribution is -0.0333. The van der Waals surface area contributed by atoms with E-state index in [-0.39, 0.29) is 26.1 Å². The van der Waals surface area contributed by atoms with Gasteiger partial charge in [0.2, 0.25) is 0 Å². The molecule has 0 radical (unpaired) electrons. The maximum atomic E-state index is 9.22. The van der Waals surface area contributed by atoms with E-state index in [1.807, 2.05) is 12.1 Å². The summed E-state index contributed by atoms with van der Waals surface area (Å²) in [4.78, 5) is 0. The molecule has 0 saturated heterocycles. The highest BCUT2D eigenvalue weighted by Crippen LogP contribution is 2.03. The summed E-state index contributed by atoms with van der Waals surface area (Å²) in [5, 5.41) is 26.0. The Morgan fingerprint density at radius 1 is 1.21 bits per heavy atom. The molecule has 0 aromatic carbocycles. The zero-order chi connectivity index (χ0) is 10.8.